The van der Waals surface area contributed by atoms with Gasteiger partial charge >= 0.3 is 0 Å². The topological polar surface area (TPSA) is 17.8 Å². The molecule has 62 valence electrons. The Morgan fingerprint density at radius 2 is 2.36 bits per heavy atom. The van der Waals surface area contributed by atoms with E-state index in [0.29, 0.717) is 0 Å². The van der Waals surface area contributed by atoms with E-state index in [1.807, 2.05) is 26.2 Å². The first-order valence-electron chi connectivity index (χ1n) is 3.33. The van der Waals surface area contributed by atoms with Gasteiger partial charge in [0.15, 0.2) is 0 Å². The van der Waals surface area contributed by atoms with Gasteiger partial charge in [0.2, 0.25) is 0 Å². The summed E-state index contributed by atoms with van der Waals surface area (Å²) >= 11 is 0. The van der Waals surface area contributed by atoms with Gasteiger partial charge < -0.3 is 4.57 Å². The fourth-order valence-corrected chi connectivity index (χ4v) is 0.886. The normalized spacial score (nSPS) is 8.91. The number of hydrogen-bond acceptors (Lipinski definition) is 1. The summed E-state index contributed by atoms with van der Waals surface area (Å²) in [6.07, 6.45) is 4.67. The Balaban J connectivity index is 0.000001000. The SMILES string of the molecule is Br.C=CCc1cnc(C)n1C. The molecule has 0 aliphatic carbocycles. The lowest BCUT2D eigenvalue weighted by Gasteiger charge is -1.98. The Hall–Kier alpha value is -0.570. The Labute approximate surface area is 77.7 Å². The van der Waals surface area contributed by atoms with Crippen molar-refractivity contribution in [3.05, 3.63) is 30.4 Å². The van der Waals surface area contributed by atoms with E-state index in [1.165, 1.54) is 5.69 Å². The molecule has 11 heavy (non-hydrogen) atoms. The first kappa shape index (κ1) is 10.4. The highest BCUT2D eigenvalue weighted by molar-refractivity contribution is 8.93. The highest BCUT2D eigenvalue weighted by Gasteiger charge is 1.97. The molecule has 0 unspecified atom stereocenters. The van der Waals surface area contributed by atoms with Crippen molar-refractivity contribution in [2.45, 2.75) is 13.3 Å². The summed E-state index contributed by atoms with van der Waals surface area (Å²) in [6.45, 7) is 5.66. The molecule has 2 nitrogen and oxygen atoms in total. The minimum Gasteiger partial charge on any atom is -0.335 e. The molecule has 0 saturated carbocycles. The number of allylic oxidation sites excluding steroid dienone is 1. The Morgan fingerprint density at radius 3 is 2.73 bits per heavy atom. The van der Waals surface area contributed by atoms with Crippen LogP contribution in [0.25, 0.3) is 0 Å². The van der Waals surface area contributed by atoms with Crippen LogP contribution in [0.4, 0.5) is 0 Å². The van der Waals surface area contributed by atoms with Gasteiger partial charge in [-0.25, -0.2) is 4.98 Å². The van der Waals surface area contributed by atoms with E-state index in [2.05, 4.69) is 16.1 Å². The van der Waals surface area contributed by atoms with Crippen LogP contribution in [-0.4, -0.2) is 9.55 Å². The lowest BCUT2D eigenvalue weighted by molar-refractivity contribution is 0.811. The van der Waals surface area contributed by atoms with E-state index in [-0.39, 0.29) is 17.0 Å². The monoisotopic (exact) mass is 216 g/mol. The molecule has 0 aliphatic rings. The summed E-state index contributed by atoms with van der Waals surface area (Å²) in [7, 11) is 2.02. The average molecular weight is 217 g/mol. The molecule has 1 rings (SSSR count). The molecule has 0 aromatic carbocycles. The van der Waals surface area contributed by atoms with Crippen LogP contribution >= 0.6 is 17.0 Å². The maximum Gasteiger partial charge on any atom is 0.105 e. The van der Waals surface area contributed by atoms with Crippen molar-refractivity contribution < 1.29 is 0 Å². The van der Waals surface area contributed by atoms with Gasteiger partial charge in [0.25, 0.3) is 0 Å². The first-order valence-corrected chi connectivity index (χ1v) is 3.33. The van der Waals surface area contributed by atoms with Crippen LogP contribution in [0.1, 0.15) is 11.5 Å². The smallest absolute Gasteiger partial charge is 0.105 e. The lowest BCUT2D eigenvalue weighted by Crippen LogP contribution is -1.96. The Kier molecular flexibility index (Phi) is 4.11. The van der Waals surface area contributed by atoms with Crippen molar-refractivity contribution in [1.29, 1.82) is 0 Å². The molecule has 0 fully saturated rings. The molecule has 0 aliphatic heterocycles. The summed E-state index contributed by atoms with van der Waals surface area (Å²) in [5.74, 6) is 1.05. The van der Waals surface area contributed by atoms with Crippen LogP contribution in [0, 0.1) is 6.92 Å². The molecule has 3 heteroatoms. The summed E-state index contributed by atoms with van der Waals surface area (Å²) in [5, 5.41) is 0. The number of imidazole rings is 1. The van der Waals surface area contributed by atoms with Crippen LogP contribution in [0.15, 0.2) is 18.9 Å². The van der Waals surface area contributed by atoms with E-state index < -0.39 is 0 Å². The highest BCUT2D eigenvalue weighted by atomic mass is 79.9. The van der Waals surface area contributed by atoms with Crippen molar-refractivity contribution in [1.82, 2.24) is 9.55 Å². The second-order valence-corrected chi connectivity index (χ2v) is 2.35. The first-order chi connectivity index (χ1) is 4.75. The van der Waals surface area contributed by atoms with Gasteiger partial charge in [0.1, 0.15) is 5.82 Å². The third-order valence-electron chi connectivity index (χ3n) is 1.67. The van der Waals surface area contributed by atoms with Crippen molar-refractivity contribution in [3.8, 4) is 0 Å². The molecule has 0 radical (unpaired) electrons. The van der Waals surface area contributed by atoms with Crippen molar-refractivity contribution in [2.75, 3.05) is 0 Å². The van der Waals surface area contributed by atoms with Gasteiger partial charge in [-0.2, -0.15) is 0 Å². The molecule has 0 amide bonds. The molecular formula is C8H13BrN2. The number of nitrogens with zero attached hydrogens (tertiary/aromatic N) is 2. The molecule has 1 aromatic heterocycles. The van der Waals surface area contributed by atoms with Crippen molar-refractivity contribution in [2.24, 2.45) is 7.05 Å². The third-order valence-corrected chi connectivity index (χ3v) is 1.67. The zero-order valence-electron chi connectivity index (χ0n) is 6.87. The number of halogens is 1. The second-order valence-electron chi connectivity index (χ2n) is 2.35. The molecule has 0 atom stereocenters. The predicted octanol–water partition coefficient (Wildman–Crippen LogP) is 2.03. The van der Waals surface area contributed by atoms with Gasteiger partial charge in [0, 0.05) is 25.4 Å². The largest absolute Gasteiger partial charge is 0.335 e. The second kappa shape index (κ2) is 4.34. The van der Waals surface area contributed by atoms with Crippen LogP contribution < -0.4 is 0 Å². The maximum absolute atomic E-state index is 4.15. The summed E-state index contributed by atoms with van der Waals surface area (Å²) in [4.78, 5) is 4.15. The molecule has 0 saturated heterocycles. The minimum absolute atomic E-state index is 0. The molecule has 1 aromatic rings. The number of aryl methyl sites for hydroxylation is 1. The van der Waals surface area contributed by atoms with E-state index in [0.717, 1.165) is 12.2 Å². The quantitative estimate of drug-likeness (QED) is 0.693. The van der Waals surface area contributed by atoms with Gasteiger partial charge in [-0.05, 0) is 6.92 Å². The summed E-state index contributed by atoms with van der Waals surface area (Å²) in [6, 6.07) is 0. The number of hydrogen-bond donors (Lipinski definition) is 0. The minimum atomic E-state index is 0. The highest BCUT2D eigenvalue weighted by Crippen LogP contribution is 2.01. The summed E-state index contributed by atoms with van der Waals surface area (Å²) < 4.78 is 2.07. The fraction of sp³-hybridized carbons (Fsp3) is 0.375. The average Bonchev–Trinajstić information content (AvgIpc) is 2.20. The van der Waals surface area contributed by atoms with Crippen molar-refractivity contribution >= 4 is 17.0 Å². The van der Waals surface area contributed by atoms with Crippen LogP contribution in [-0.2, 0) is 13.5 Å². The van der Waals surface area contributed by atoms with E-state index in [1.54, 1.807) is 0 Å². The zero-order chi connectivity index (χ0) is 7.56. The molecule has 0 spiro atoms. The van der Waals surface area contributed by atoms with Crippen molar-refractivity contribution in [3.63, 3.8) is 0 Å². The molecular weight excluding hydrogens is 204 g/mol. The van der Waals surface area contributed by atoms with Gasteiger partial charge in [-0.1, -0.05) is 6.08 Å². The van der Waals surface area contributed by atoms with Gasteiger partial charge in [-0.15, -0.1) is 23.6 Å². The summed E-state index contributed by atoms with van der Waals surface area (Å²) in [5.41, 5.74) is 1.22. The fourth-order valence-electron chi connectivity index (χ4n) is 0.886. The number of rotatable bonds is 2. The van der Waals surface area contributed by atoms with Crippen LogP contribution in [0.3, 0.4) is 0 Å². The van der Waals surface area contributed by atoms with E-state index >= 15 is 0 Å². The van der Waals surface area contributed by atoms with E-state index in [9.17, 15) is 0 Å². The van der Waals surface area contributed by atoms with Gasteiger partial charge in [-0.3, -0.25) is 0 Å². The molecule has 1 heterocycles. The van der Waals surface area contributed by atoms with Crippen LogP contribution in [0.2, 0.25) is 0 Å². The third kappa shape index (κ3) is 2.19. The van der Waals surface area contributed by atoms with E-state index in [4.69, 9.17) is 0 Å². The Morgan fingerprint density at radius 1 is 1.73 bits per heavy atom. The lowest BCUT2D eigenvalue weighted by atomic mass is 10.3. The maximum atomic E-state index is 4.15. The molecule has 0 N–H and O–H groups in total. The molecule has 0 bridgehead atoms. The van der Waals surface area contributed by atoms with Crippen LogP contribution in [0.5, 0.6) is 0 Å². The standard InChI is InChI=1S/C8H12N2.BrH/c1-4-5-8-6-9-7(2)10(8)3;/h4,6H,1,5H2,2-3H3;1H. The zero-order valence-corrected chi connectivity index (χ0v) is 8.58. The predicted molar refractivity (Wildman–Crippen MR) is 52.2 cm³/mol. The van der Waals surface area contributed by atoms with Gasteiger partial charge in [0.05, 0.1) is 0 Å². The Bertz CT molecular complexity index is 240. The number of aromatic nitrogens is 2.